The maximum atomic E-state index is 2.00. The van der Waals surface area contributed by atoms with Crippen molar-refractivity contribution in [2.75, 3.05) is 0 Å². The minimum atomic E-state index is 1.04. The molecule has 4 unspecified atom stereocenters. The van der Waals surface area contributed by atoms with Crippen LogP contribution in [0.15, 0.2) is 11.1 Å². The highest BCUT2D eigenvalue weighted by Gasteiger charge is 2.42. The highest BCUT2D eigenvalue weighted by molar-refractivity contribution is 5.28. The van der Waals surface area contributed by atoms with Gasteiger partial charge in [-0.05, 0) is 75.0 Å². The molecule has 0 saturated heterocycles. The van der Waals surface area contributed by atoms with Gasteiger partial charge in [-0.1, -0.05) is 30.4 Å². The van der Waals surface area contributed by atoms with Crippen molar-refractivity contribution < 1.29 is 0 Å². The van der Waals surface area contributed by atoms with E-state index in [1.54, 1.807) is 32.1 Å². The summed E-state index contributed by atoms with van der Waals surface area (Å²) in [7, 11) is 0. The predicted molar refractivity (Wildman–Crippen MR) is 71.8 cm³/mol. The molecule has 4 aliphatic rings. The fourth-order valence-electron chi connectivity index (χ4n) is 5.74. The maximum Gasteiger partial charge on any atom is -0.0169 e. The standard InChI is InChI=1S/C17H26/c1-2-6-14-12(4-1)8-10-17-15-7-3-5-13(15)9-11-16(14)17/h12-14,16H,1-11H2. The average Bonchev–Trinajstić information content (AvgIpc) is 2.86. The lowest BCUT2D eigenvalue weighted by atomic mass is 9.59. The minimum Gasteiger partial charge on any atom is -0.0676 e. The van der Waals surface area contributed by atoms with Crippen LogP contribution in [-0.4, -0.2) is 0 Å². The van der Waals surface area contributed by atoms with Gasteiger partial charge in [0.25, 0.3) is 0 Å². The second-order valence-electron chi connectivity index (χ2n) is 7.07. The smallest absolute Gasteiger partial charge is 0.0169 e. The van der Waals surface area contributed by atoms with Crippen molar-refractivity contribution in [2.24, 2.45) is 23.7 Å². The van der Waals surface area contributed by atoms with E-state index in [1.807, 2.05) is 11.1 Å². The van der Waals surface area contributed by atoms with Crippen LogP contribution in [0.2, 0.25) is 0 Å². The van der Waals surface area contributed by atoms with E-state index in [4.69, 9.17) is 0 Å². The number of hydrogen-bond donors (Lipinski definition) is 0. The van der Waals surface area contributed by atoms with Crippen molar-refractivity contribution in [1.82, 2.24) is 0 Å². The van der Waals surface area contributed by atoms with E-state index in [1.165, 1.54) is 38.5 Å². The van der Waals surface area contributed by atoms with Gasteiger partial charge >= 0.3 is 0 Å². The Balaban J connectivity index is 1.67. The average molecular weight is 230 g/mol. The summed E-state index contributed by atoms with van der Waals surface area (Å²) in [5, 5.41) is 0. The lowest BCUT2D eigenvalue weighted by molar-refractivity contribution is 0.124. The molecule has 0 radical (unpaired) electrons. The van der Waals surface area contributed by atoms with Gasteiger partial charge in [0.15, 0.2) is 0 Å². The Bertz CT molecular complexity index is 338. The minimum absolute atomic E-state index is 1.04. The van der Waals surface area contributed by atoms with E-state index >= 15 is 0 Å². The summed E-state index contributed by atoms with van der Waals surface area (Å²) in [5.74, 6) is 4.33. The van der Waals surface area contributed by atoms with Crippen molar-refractivity contribution >= 4 is 0 Å². The molecule has 3 saturated carbocycles. The van der Waals surface area contributed by atoms with Gasteiger partial charge in [-0.15, -0.1) is 0 Å². The molecule has 3 fully saturated rings. The Morgan fingerprint density at radius 1 is 0.647 bits per heavy atom. The van der Waals surface area contributed by atoms with Crippen molar-refractivity contribution in [3.8, 4) is 0 Å². The lowest BCUT2D eigenvalue weighted by Crippen LogP contribution is -2.35. The Morgan fingerprint density at radius 2 is 1.59 bits per heavy atom. The van der Waals surface area contributed by atoms with Gasteiger partial charge in [0.05, 0.1) is 0 Å². The molecule has 0 nitrogen and oxygen atoms in total. The van der Waals surface area contributed by atoms with Gasteiger partial charge in [-0.3, -0.25) is 0 Å². The zero-order valence-corrected chi connectivity index (χ0v) is 11.1. The number of fused-ring (bicyclic) bond motifs is 4. The molecule has 0 aliphatic heterocycles. The van der Waals surface area contributed by atoms with Crippen molar-refractivity contribution in [3.05, 3.63) is 11.1 Å². The van der Waals surface area contributed by atoms with Crippen molar-refractivity contribution in [3.63, 3.8) is 0 Å². The first-order valence-electron chi connectivity index (χ1n) is 8.15. The Hall–Kier alpha value is -0.260. The third-order valence-corrected chi connectivity index (χ3v) is 6.45. The zero-order chi connectivity index (χ0) is 11.2. The van der Waals surface area contributed by atoms with Crippen LogP contribution in [0.4, 0.5) is 0 Å². The quantitative estimate of drug-likeness (QED) is 0.508. The maximum absolute atomic E-state index is 2.00. The van der Waals surface area contributed by atoms with E-state index in [2.05, 4.69) is 0 Å². The Kier molecular flexibility index (Phi) is 2.59. The SMILES string of the molecule is C1CC2=C3CCC4CCCCC4C3CCC2C1. The van der Waals surface area contributed by atoms with E-state index in [0.29, 0.717) is 0 Å². The zero-order valence-electron chi connectivity index (χ0n) is 11.1. The van der Waals surface area contributed by atoms with Crippen LogP contribution in [0.3, 0.4) is 0 Å². The lowest BCUT2D eigenvalue weighted by Gasteiger charge is -2.46. The normalized spacial score (nSPS) is 45.2. The Labute approximate surface area is 106 Å². The summed E-state index contributed by atoms with van der Waals surface area (Å²) in [6.07, 6.45) is 16.9. The van der Waals surface area contributed by atoms with Crippen LogP contribution in [0, 0.1) is 23.7 Å². The van der Waals surface area contributed by atoms with Crippen LogP contribution >= 0.6 is 0 Å². The molecule has 17 heavy (non-hydrogen) atoms. The first-order valence-corrected chi connectivity index (χ1v) is 8.15. The highest BCUT2D eigenvalue weighted by atomic mass is 14.5. The van der Waals surface area contributed by atoms with E-state index in [0.717, 1.165) is 23.7 Å². The third kappa shape index (κ3) is 1.63. The topological polar surface area (TPSA) is 0 Å². The van der Waals surface area contributed by atoms with Crippen molar-refractivity contribution in [2.45, 2.75) is 70.6 Å². The van der Waals surface area contributed by atoms with Crippen LogP contribution in [0.1, 0.15) is 70.6 Å². The van der Waals surface area contributed by atoms with Crippen molar-refractivity contribution in [1.29, 1.82) is 0 Å². The molecular formula is C17H26. The van der Waals surface area contributed by atoms with Gasteiger partial charge in [0, 0.05) is 0 Å². The van der Waals surface area contributed by atoms with Crippen LogP contribution in [0.5, 0.6) is 0 Å². The summed E-state index contributed by atoms with van der Waals surface area (Å²) in [4.78, 5) is 0. The summed E-state index contributed by atoms with van der Waals surface area (Å²) < 4.78 is 0. The fourth-order valence-corrected chi connectivity index (χ4v) is 5.74. The summed E-state index contributed by atoms with van der Waals surface area (Å²) in [5.41, 5.74) is 3.98. The highest BCUT2D eigenvalue weighted by Crippen LogP contribution is 2.54. The molecule has 94 valence electrons. The monoisotopic (exact) mass is 230 g/mol. The second-order valence-corrected chi connectivity index (χ2v) is 7.07. The van der Waals surface area contributed by atoms with Gasteiger partial charge in [-0.2, -0.15) is 0 Å². The summed E-state index contributed by atoms with van der Waals surface area (Å²) in [6, 6.07) is 0. The van der Waals surface area contributed by atoms with E-state index < -0.39 is 0 Å². The number of hydrogen-bond acceptors (Lipinski definition) is 0. The molecular weight excluding hydrogens is 204 g/mol. The van der Waals surface area contributed by atoms with Gasteiger partial charge in [-0.25, -0.2) is 0 Å². The third-order valence-electron chi connectivity index (χ3n) is 6.45. The number of rotatable bonds is 0. The van der Waals surface area contributed by atoms with E-state index in [9.17, 15) is 0 Å². The van der Waals surface area contributed by atoms with Gasteiger partial charge in [0.2, 0.25) is 0 Å². The fraction of sp³-hybridized carbons (Fsp3) is 0.882. The summed E-state index contributed by atoms with van der Waals surface area (Å²) in [6.45, 7) is 0. The molecule has 4 atom stereocenters. The second kappa shape index (κ2) is 4.14. The first kappa shape index (κ1) is 10.6. The molecule has 0 amide bonds. The van der Waals surface area contributed by atoms with Gasteiger partial charge < -0.3 is 0 Å². The molecule has 0 aromatic carbocycles. The Morgan fingerprint density at radius 3 is 2.59 bits per heavy atom. The van der Waals surface area contributed by atoms with Gasteiger partial charge in [0.1, 0.15) is 0 Å². The molecule has 0 heterocycles. The molecule has 0 aromatic rings. The van der Waals surface area contributed by atoms with E-state index in [-0.39, 0.29) is 0 Å². The molecule has 4 aliphatic carbocycles. The molecule has 4 rings (SSSR count). The molecule has 0 spiro atoms. The number of allylic oxidation sites excluding steroid dienone is 2. The van der Waals surface area contributed by atoms with Crippen LogP contribution in [-0.2, 0) is 0 Å². The predicted octanol–water partition coefficient (Wildman–Crippen LogP) is 5.09. The molecule has 0 N–H and O–H groups in total. The summed E-state index contributed by atoms with van der Waals surface area (Å²) >= 11 is 0. The van der Waals surface area contributed by atoms with Crippen LogP contribution < -0.4 is 0 Å². The first-order chi connectivity index (χ1) is 8.43. The molecule has 0 heteroatoms. The largest absolute Gasteiger partial charge is 0.0676 e. The van der Waals surface area contributed by atoms with Crippen LogP contribution in [0.25, 0.3) is 0 Å². The molecule has 0 aromatic heterocycles. The molecule has 0 bridgehead atoms.